The van der Waals surface area contributed by atoms with E-state index >= 15 is 0 Å². The third-order valence-corrected chi connectivity index (χ3v) is 5.21. The van der Waals surface area contributed by atoms with Crippen LogP contribution >= 0.6 is 11.3 Å². The predicted molar refractivity (Wildman–Crippen MR) is 109 cm³/mol. The van der Waals surface area contributed by atoms with E-state index in [9.17, 15) is 14.4 Å². The first-order chi connectivity index (χ1) is 14.0. The Balaban J connectivity index is 1.65. The van der Waals surface area contributed by atoms with Crippen LogP contribution in [0, 0.1) is 6.92 Å². The number of aromatic nitrogens is 1. The fourth-order valence-corrected chi connectivity index (χ4v) is 3.55. The van der Waals surface area contributed by atoms with Crippen molar-refractivity contribution in [2.45, 2.75) is 20.0 Å². The highest BCUT2D eigenvalue weighted by Crippen LogP contribution is 2.24. The van der Waals surface area contributed by atoms with Crippen molar-refractivity contribution < 1.29 is 23.9 Å². The van der Waals surface area contributed by atoms with Crippen LogP contribution in [0.4, 0.5) is 0 Å². The first kappa shape index (κ1) is 20.5. The number of pyridine rings is 1. The molecule has 2 heterocycles. The number of methoxy groups -OCH3 is 1. The van der Waals surface area contributed by atoms with Gasteiger partial charge in [-0.2, -0.15) is 0 Å². The number of para-hydroxylation sites is 1. The van der Waals surface area contributed by atoms with E-state index in [2.05, 4.69) is 10.3 Å². The van der Waals surface area contributed by atoms with Crippen LogP contribution in [-0.2, 0) is 20.9 Å². The molecule has 0 aliphatic heterocycles. The Labute approximate surface area is 171 Å². The van der Waals surface area contributed by atoms with Gasteiger partial charge in [0.2, 0.25) is 0 Å². The molecule has 0 radical (unpaired) electrons. The fraction of sp³-hybridized carbons (Fsp3) is 0.238. The Kier molecular flexibility index (Phi) is 6.56. The van der Waals surface area contributed by atoms with E-state index in [1.807, 2.05) is 31.2 Å². The number of esters is 2. The van der Waals surface area contributed by atoms with Gasteiger partial charge in [0.15, 0.2) is 0 Å². The number of aryl methyl sites for hydroxylation is 1. The van der Waals surface area contributed by atoms with E-state index in [-0.39, 0.29) is 25.5 Å². The molecule has 29 heavy (non-hydrogen) atoms. The molecule has 0 aliphatic rings. The number of fused-ring (bicyclic) bond motifs is 1. The Morgan fingerprint density at radius 3 is 2.66 bits per heavy atom. The highest BCUT2D eigenvalue weighted by Gasteiger charge is 2.20. The number of nitrogens with one attached hydrogen (secondary N) is 1. The van der Waals surface area contributed by atoms with Crippen LogP contribution in [0.2, 0.25) is 0 Å². The quantitative estimate of drug-likeness (QED) is 0.599. The molecule has 0 unspecified atom stereocenters. The van der Waals surface area contributed by atoms with E-state index in [1.54, 1.807) is 17.5 Å². The number of carbonyl (C=O) groups excluding carboxylic acids is 3. The Morgan fingerprint density at radius 1 is 1.14 bits per heavy atom. The maximum Gasteiger partial charge on any atom is 0.340 e. The number of nitrogens with zero attached hydrogens (tertiary/aromatic N) is 1. The summed E-state index contributed by atoms with van der Waals surface area (Å²) in [6.45, 7) is 1.80. The number of benzene rings is 1. The second-order valence-electron chi connectivity index (χ2n) is 6.21. The summed E-state index contributed by atoms with van der Waals surface area (Å²) in [5, 5.41) is 5.31. The Hall–Kier alpha value is -3.26. The van der Waals surface area contributed by atoms with Gasteiger partial charge in [-0.15, -0.1) is 11.3 Å². The molecule has 3 rings (SSSR count). The number of rotatable bonds is 7. The van der Waals surface area contributed by atoms with Crippen LogP contribution in [0.3, 0.4) is 0 Å². The van der Waals surface area contributed by atoms with Gasteiger partial charge in [0.25, 0.3) is 5.91 Å². The van der Waals surface area contributed by atoms with Crippen molar-refractivity contribution in [3.8, 4) is 0 Å². The molecular weight excluding hydrogens is 392 g/mol. The SMILES string of the molecule is COC(=O)c1c(COC(=O)CCNC(=O)c2cccs2)nc2ccccc2c1C. The molecule has 1 N–H and O–H groups in total. The third-order valence-electron chi connectivity index (χ3n) is 4.35. The van der Waals surface area contributed by atoms with Crippen molar-refractivity contribution in [1.29, 1.82) is 0 Å². The lowest BCUT2D eigenvalue weighted by Gasteiger charge is -2.13. The molecular formula is C21H20N2O5S. The highest BCUT2D eigenvalue weighted by molar-refractivity contribution is 7.12. The molecule has 2 aromatic heterocycles. The molecule has 0 spiro atoms. The second kappa shape index (κ2) is 9.29. The van der Waals surface area contributed by atoms with Crippen molar-refractivity contribution in [1.82, 2.24) is 10.3 Å². The summed E-state index contributed by atoms with van der Waals surface area (Å²) < 4.78 is 10.2. The predicted octanol–water partition coefficient (Wildman–Crippen LogP) is 3.25. The summed E-state index contributed by atoms with van der Waals surface area (Å²) in [7, 11) is 1.29. The zero-order chi connectivity index (χ0) is 20.8. The highest BCUT2D eigenvalue weighted by atomic mass is 32.1. The molecule has 0 saturated heterocycles. The minimum absolute atomic E-state index is 0.0111. The van der Waals surface area contributed by atoms with Crippen LogP contribution in [-0.4, -0.2) is 36.5 Å². The largest absolute Gasteiger partial charge is 0.465 e. The van der Waals surface area contributed by atoms with Gasteiger partial charge in [0.05, 0.1) is 35.2 Å². The third kappa shape index (κ3) is 4.78. The average Bonchev–Trinajstić information content (AvgIpc) is 3.27. The van der Waals surface area contributed by atoms with Gasteiger partial charge in [-0.1, -0.05) is 24.3 Å². The lowest BCUT2D eigenvalue weighted by Crippen LogP contribution is -2.26. The summed E-state index contributed by atoms with van der Waals surface area (Å²) >= 11 is 1.33. The van der Waals surface area contributed by atoms with Crippen molar-refractivity contribution in [3.05, 3.63) is 63.5 Å². The van der Waals surface area contributed by atoms with Crippen molar-refractivity contribution >= 4 is 40.1 Å². The summed E-state index contributed by atoms with van der Waals surface area (Å²) in [5.74, 6) is -1.26. The van der Waals surface area contributed by atoms with Crippen LogP contribution in [0.15, 0.2) is 41.8 Å². The zero-order valence-corrected chi connectivity index (χ0v) is 16.9. The molecule has 0 atom stereocenters. The topological polar surface area (TPSA) is 94.6 Å². The van der Waals surface area contributed by atoms with E-state index < -0.39 is 11.9 Å². The fourth-order valence-electron chi connectivity index (χ4n) is 2.91. The summed E-state index contributed by atoms with van der Waals surface area (Å²) in [6.07, 6.45) is 0.0111. The lowest BCUT2D eigenvalue weighted by atomic mass is 10.0. The first-order valence-electron chi connectivity index (χ1n) is 8.95. The number of amides is 1. The standard InChI is InChI=1S/C21H20N2O5S/c1-13-14-6-3-4-7-15(14)23-16(19(13)21(26)27-2)12-28-18(24)9-10-22-20(25)17-8-5-11-29-17/h3-8,11H,9-10,12H2,1-2H3,(H,22,25). The van der Waals surface area contributed by atoms with Gasteiger partial charge in [-0.05, 0) is 30.0 Å². The first-order valence-corrected chi connectivity index (χ1v) is 9.83. The van der Waals surface area contributed by atoms with E-state index in [4.69, 9.17) is 9.47 Å². The second-order valence-corrected chi connectivity index (χ2v) is 7.16. The molecule has 8 heteroatoms. The van der Waals surface area contributed by atoms with Gasteiger partial charge >= 0.3 is 11.9 Å². The minimum atomic E-state index is -0.532. The van der Waals surface area contributed by atoms with Crippen LogP contribution < -0.4 is 5.32 Å². The molecule has 1 aromatic carbocycles. The monoisotopic (exact) mass is 412 g/mol. The average molecular weight is 412 g/mol. The van der Waals surface area contributed by atoms with Crippen molar-refractivity contribution in [2.24, 2.45) is 0 Å². The zero-order valence-electron chi connectivity index (χ0n) is 16.1. The van der Waals surface area contributed by atoms with E-state index in [0.717, 1.165) is 10.9 Å². The molecule has 0 aliphatic carbocycles. The summed E-state index contributed by atoms with van der Waals surface area (Å²) in [5.41, 5.74) is 2.05. The van der Waals surface area contributed by atoms with E-state index in [0.29, 0.717) is 21.7 Å². The number of thiophene rings is 1. The number of ether oxygens (including phenoxy) is 2. The van der Waals surface area contributed by atoms with Crippen LogP contribution in [0.25, 0.3) is 10.9 Å². The van der Waals surface area contributed by atoms with Crippen LogP contribution in [0.1, 0.15) is 37.7 Å². The maximum absolute atomic E-state index is 12.3. The molecule has 3 aromatic rings. The van der Waals surface area contributed by atoms with Gasteiger partial charge in [0.1, 0.15) is 6.61 Å². The molecule has 0 saturated carbocycles. The minimum Gasteiger partial charge on any atom is -0.465 e. The summed E-state index contributed by atoms with van der Waals surface area (Å²) in [6, 6.07) is 10.9. The summed E-state index contributed by atoms with van der Waals surface area (Å²) in [4.78, 5) is 41.2. The van der Waals surface area contributed by atoms with Crippen LogP contribution in [0.5, 0.6) is 0 Å². The number of carbonyl (C=O) groups is 3. The molecule has 150 valence electrons. The Morgan fingerprint density at radius 2 is 1.93 bits per heavy atom. The molecule has 7 nitrogen and oxygen atoms in total. The van der Waals surface area contributed by atoms with Gasteiger partial charge in [0, 0.05) is 11.9 Å². The lowest BCUT2D eigenvalue weighted by molar-refractivity contribution is -0.144. The smallest absolute Gasteiger partial charge is 0.340 e. The van der Waals surface area contributed by atoms with Crippen molar-refractivity contribution in [2.75, 3.05) is 13.7 Å². The normalized spacial score (nSPS) is 10.6. The van der Waals surface area contributed by atoms with Crippen molar-refractivity contribution in [3.63, 3.8) is 0 Å². The number of hydrogen-bond donors (Lipinski definition) is 1. The molecule has 0 bridgehead atoms. The molecule has 1 amide bonds. The molecule has 0 fully saturated rings. The van der Waals surface area contributed by atoms with E-state index in [1.165, 1.54) is 18.4 Å². The maximum atomic E-state index is 12.3. The van der Waals surface area contributed by atoms with Gasteiger partial charge in [-0.25, -0.2) is 9.78 Å². The number of hydrogen-bond acceptors (Lipinski definition) is 7. The van der Waals surface area contributed by atoms with Gasteiger partial charge in [-0.3, -0.25) is 9.59 Å². The Bertz CT molecular complexity index is 1050. The van der Waals surface area contributed by atoms with Gasteiger partial charge < -0.3 is 14.8 Å².